The van der Waals surface area contributed by atoms with Gasteiger partial charge in [-0.15, -0.1) is 0 Å². The minimum atomic E-state index is -5.64. The van der Waals surface area contributed by atoms with Crippen LogP contribution in [-0.4, -0.2) is 8.41 Å². The van der Waals surface area contributed by atoms with E-state index in [9.17, 15) is 8.39 Å². The first-order chi connectivity index (χ1) is 4.00. The Kier molecular flexibility index (Phi) is 16.2. The molecule has 64 valence electrons. The summed E-state index contributed by atoms with van der Waals surface area (Å²) in [5, 5.41) is 0. The van der Waals surface area contributed by atoms with Gasteiger partial charge in [-0.25, -0.2) is 8.39 Å². The molecule has 0 aliphatic rings. The van der Waals surface area contributed by atoms with Gasteiger partial charge in [-0.05, 0) is 0 Å². The number of halogens is 2. The van der Waals surface area contributed by atoms with E-state index in [1.54, 1.807) is 0 Å². The quantitative estimate of drug-likeness (QED) is 0.291. The molecule has 0 heterocycles. The predicted octanol–water partition coefficient (Wildman–Crippen LogP) is -5.81. The Labute approximate surface area is 80.7 Å². The van der Waals surface area contributed by atoms with Gasteiger partial charge >= 0.3 is 27.3 Å². The van der Waals surface area contributed by atoms with Gasteiger partial charge in [0.25, 0.3) is 0 Å². The van der Waals surface area contributed by atoms with E-state index in [0.29, 0.717) is 0 Å². The average molecular weight is 214 g/mol. The van der Waals surface area contributed by atoms with E-state index in [4.69, 9.17) is 28.7 Å². The van der Waals surface area contributed by atoms with Crippen LogP contribution in [0.1, 0.15) is 0 Å². The van der Waals surface area contributed by atoms with Crippen LogP contribution in [0.15, 0.2) is 0 Å². The van der Waals surface area contributed by atoms with Gasteiger partial charge in [0.2, 0.25) is 0 Å². The van der Waals surface area contributed by atoms with Crippen LogP contribution >= 0.6 is 15.8 Å². The van der Waals surface area contributed by atoms with Gasteiger partial charge in [0, 0.05) is 0 Å². The van der Waals surface area contributed by atoms with Crippen LogP contribution in [0.5, 0.6) is 0 Å². The normalized spacial score (nSPS) is 9.83. The van der Waals surface area contributed by atoms with E-state index < -0.39 is 15.8 Å². The molecule has 0 saturated carbocycles. The van der Waals surface area contributed by atoms with Gasteiger partial charge < -0.3 is 28.7 Å². The molecule has 0 unspecified atom stereocenters. The Morgan fingerprint density at radius 3 is 0.833 bits per heavy atom. The van der Waals surface area contributed by atoms with Crippen molar-refractivity contribution in [1.29, 1.82) is 0 Å². The van der Waals surface area contributed by atoms with Crippen molar-refractivity contribution in [2.24, 2.45) is 0 Å². The SMILES string of the molecule is O=P([O-])([O-])F.O=P([O-])([O-])F.[B+3].[Li+]. The molecule has 0 fully saturated rings. The van der Waals surface area contributed by atoms with E-state index in [0.717, 1.165) is 0 Å². The number of rotatable bonds is 0. The summed E-state index contributed by atoms with van der Waals surface area (Å²) in [5.74, 6) is 0. The van der Waals surface area contributed by atoms with E-state index in [-0.39, 0.29) is 27.3 Å². The van der Waals surface area contributed by atoms with Gasteiger partial charge in [0.05, 0.1) is 0 Å². The molecule has 0 atom stereocenters. The summed E-state index contributed by atoms with van der Waals surface area (Å²) < 4.78 is 37.1. The number of hydrogen-bond acceptors (Lipinski definition) is 6. The van der Waals surface area contributed by atoms with Gasteiger partial charge in [0.1, 0.15) is 15.8 Å². The van der Waals surface area contributed by atoms with Crippen LogP contribution in [0.2, 0.25) is 0 Å². The molecule has 0 aromatic heterocycles. The van der Waals surface area contributed by atoms with Gasteiger partial charge in [-0.1, -0.05) is 0 Å². The van der Waals surface area contributed by atoms with Crippen LogP contribution in [0, 0.1) is 0 Å². The topological polar surface area (TPSA) is 126 Å². The van der Waals surface area contributed by atoms with E-state index in [1.165, 1.54) is 0 Å². The maximum atomic E-state index is 10.1. The second kappa shape index (κ2) is 8.42. The third kappa shape index (κ3) is 1540. The van der Waals surface area contributed by atoms with Crippen LogP contribution in [0.25, 0.3) is 0 Å². The Bertz CT molecular complexity index is 136. The average Bonchev–Trinajstić information content (AvgIpc) is 1.12. The van der Waals surface area contributed by atoms with Crippen molar-refractivity contribution in [2.45, 2.75) is 0 Å². The second-order valence-corrected chi connectivity index (χ2v) is 2.58. The molecule has 12 heteroatoms. The fourth-order valence-electron chi connectivity index (χ4n) is 0. The largest absolute Gasteiger partial charge is 3.00 e. The van der Waals surface area contributed by atoms with Crippen molar-refractivity contribution in [3.8, 4) is 0 Å². The Balaban J connectivity index is -0.0000000457. The van der Waals surface area contributed by atoms with Crippen LogP contribution in [0.4, 0.5) is 8.39 Å². The first-order valence-corrected chi connectivity index (χ1v) is 4.30. The van der Waals surface area contributed by atoms with Crippen molar-refractivity contribution >= 4 is 24.2 Å². The molecule has 0 aliphatic heterocycles. The predicted molar refractivity (Wildman–Crippen MR) is 23.2 cm³/mol. The molecule has 0 aromatic rings. The maximum absolute atomic E-state index is 10.1. The maximum Gasteiger partial charge on any atom is 3.00 e. The van der Waals surface area contributed by atoms with Crippen molar-refractivity contribution in [1.82, 2.24) is 0 Å². The van der Waals surface area contributed by atoms with E-state index in [1.807, 2.05) is 0 Å². The van der Waals surface area contributed by atoms with Crippen LogP contribution in [0.3, 0.4) is 0 Å². The third-order valence-electron chi connectivity index (χ3n) is 0. The number of hydrogen-bond donors (Lipinski definition) is 0. The van der Waals surface area contributed by atoms with Gasteiger partial charge in [0.15, 0.2) is 0 Å². The summed E-state index contributed by atoms with van der Waals surface area (Å²) in [6, 6.07) is 0. The molecule has 6 nitrogen and oxygen atoms in total. The van der Waals surface area contributed by atoms with Crippen molar-refractivity contribution in [3.05, 3.63) is 0 Å². The zero-order valence-corrected chi connectivity index (χ0v) is 7.47. The van der Waals surface area contributed by atoms with Crippen molar-refractivity contribution < 1.29 is 56.0 Å². The molecular weight excluding hydrogens is 214 g/mol. The molecular formula is BF2LiO6P2. The van der Waals surface area contributed by atoms with E-state index in [2.05, 4.69) is 0 Å². The summed E-state index contributed by atoms with van der Waals surface area (Å²) >= 11 is 0. The Morgan fingerprint density at radius 1 is 0.833 bits per heavy atom. The molecule has 0 radical (unpaired) electrons. The molecule has 12 heavy (non-hydrogen) atoms. The molecule has 0 bridgehead atoms. The fourth-order valence-corrected chi connectivity index (χ4v) is 0. The summed E-state index contributed by atoms with van der Waals surface area (Å²) in [7, 11) is -11.3. The molecule has 0 amide bonds. The second-order valence-electron chi connectivity index (χ2n) is 0.861. The molecule has 0 aromatic carbocycles. The third-order valence-corrected chi connectivity index (χ3v) is 0. The van der Waals surface area contributed by atoms with Crippen molar-refractivity contribution in [3.63, 3.8) is 0 Å². The summed E-state index contributed by atoms with van der Waals surface area (Å²) in [5.41, 5.74) is 0. The monoisotopic (exact) mass is 214 g/mol. The molecule has 0 aliphatic carbocycles. The zero-order chi connectivity index (χ0) is 9.00. The van der Waals surface area contributed by atoms with Crippen molar-refractivity contribution in [2.75, 3.05) is 0 Å². The van der Waals surface area contributed by atoms with Crippen LogP contribution in [-0.2, 0) is 9.13 Å². The first-order valence-electron chi connectivity index (χ1n) is 1.43. The molecule has 0 N–H and O–H groups in total. The van der Waals surface area contributed by atoms with Gasteiger partial charge in [-0.3, -0.25) is 0 Å². The minimum absolute atomic E-state index is 0. The standard InChI is InChI=1S/B.2FH2O3P.Li/c;2*1-5(2,3)4;/h;2*(H2,2,3,4);/q+3;;;+1/p-4. The first kappa shape index (κ1) is 23.0. The van der Waals surface area contributed by atoms with Crippen LogP contribution < -0.4 is 38.4 Å². The fraction of sp³-hybridized carbons (Fsp3) is 0. The Morgan fingerprint density at radius 2 is 0.833 bits per heavy atom. The summed E-state index contributed by atoms with van der Waals surface area (Å²) in [6.07, 6.45) is 0. The molecule has 0 rings (SSSR count). The smallest absolute Gasteiger partial charge is 0.786 e. The molecule has 0 spiro atoms. The zero-order valence-electron chi connectivity index (χ0n) is 5.68. The molecule has 0 saturated heterocycles. The summed E-state index contributed by atoms with van der Waals surface area (Å²) in [4.78, 5) is 33.8. The minimum Gasteiger partial charge on any atom is -0.786 e. The Hall–Kier alpha value is 0.822. The van der Waals surface area contributed by atoms with Gasteiger partial charge in [-0.2, -0.15) is 0 Å². The summed E-state index contributed by atoms with van der Waals surface area (Å²) in [6.45, 7) is 0. The van der Waals surface area contributed by atoms with E-state index >= 15 is 0 Å².